The summed E-state index contributed by atoms with van der Waals surface area (Å²) >= 11 is 1.25. The van der Waals surface area contributed by atoms with E-state index >= 15 is 0 Å². The van der Waals surface area contributed by atoms with E-state index in [0.717, 1.165) is 30.5 Å². The first-order valence-corrected chi connectivity index (χ1v) is 10.7. The quantitative estimate of drug-likeness (QED) is 0.648. The van der Waals surface area contributed by atoms with Gasteiger partial charge in [-0.2, -0.15) is 0 Å². The Morgan fingerprint density at radius 2 is 1.93 bits per heavy atom. The maximum atomic E-state index is 13.9. The van der Waals surface area contributed by atoms with Crippen LogP contribution in [0.25, 0.3) is 10.3 Å². The topological polar surface area (TPSA) is 89.2 Å². The Morgan fingerprint density at radius 3 is 2.63 bits per heavy atom. The Balaban J connectivity index is 1.76. The Bertz CT molecular complexity index is 1210. The van der Waals surface area contributed by atoms with Crippen molar-refractivity contribution in [3.8, 4) is 0 Å². The second-order valence-corrected chi connectivity index (χ2v) is 8.17. The lowest BCUT2D eigenvalue weighted by molar-refractivity contribution is -0.116. The molecular weight excluding hydrogens is 409 g/mol. The number of hydrogen-bond donors (Lipinski definition) is 1. The number of thiazole rings is 1. The van der Waals surface area contributed by atoms with Gasteiger partial charge in [0.05, 0.1) is 5.69 Å². The number of fused-ring (bicyclic) bond motifs is 1. The molecule has 10 heteroatoms. The van der Waals surface area contributed by atoms with Crippen LogP contribution < -0.4 is 21.5 Å². The molecule has 0 atom stereocenters. The number of nitrogens with one attached hydrogen (secondary N) is 1. The zero-order valence-electron chi connectivity index (χ0n) is 16.6. The molecule has 30 heavy (non-hydrogen) atoms. The Morgan fingerprint density at radius 1 is 1.20 bits per heavy atom. The molecule has 1 fully saturated rings. The minimum absolute atomic E-state index is 0.0321. The largest absolute Gasteiger partial charge is 0.348 e. The third kappa shape index (κ3) is 3.74. The number of hydrogen-bond acceptors (Lipinski definition) is 6. The number of carbonyl (C=O) groups is 1. The van der Waals surface area contributed by atoms with Crippen LogP contribution in [-0.2, 0) is 17.9 Å². The maximum absolute atomic E-state index is 13.9. The Labute approximate surface area is 175 Å². The summed E-state index contributed by atoms with van der Waals surface area (Å²) in [6.07, 6.45) is 2.70. The first kappa shape index (κ1) is 20.3. The molecule has 3 aromatic rings. The van der Waals surface area contributed by atoms with Crippen molar-refractivity contribution < 1.29 is 9.18 Å². The number of aromatic nitrogens is 3. The number of nitrogens with zero attached hydrogens (tertiary/aromatic N) is 4. The van der Waals surface area contributed by atoms with Crippen LogP contribution in [0.5, 0.6) is 0 Å². The van der Waals surface area contributed by atoms with Crippen molar-refractivity contribution in [3.05, 3.63) is 50.9 Å². The number of amides is 1. The van der Waals surface area contributed by atoms with Crippen molar-refractivity contribution in [3.63, 3.8) is 0 Å². The number of para-hydroxylation sites is 1. The summed E-state index contributed by atoms with van der Waals surface area (Å²) < 4.78 is 16.6. The average Bonchev–Trinajstić information content (AvgIpc) is 3.40. The maximum Gasteiger partial charge on any atom is 0.333 e. The van der Waals surface area contributed by atoms with Gasteiger partial charge in [-0.15, -0.1) is 0 Å². The number of benzene rings is 1. The van der Waals surface area contributed by atoms with Crippen LogP contribution in [0.2, 0.25) is 0 Å². The van der Waals surface area contributed by atoms with Gasteiger partial charge in [0.25, 0.3) is 5.56 Å². The molecule has 1 N–H and O–H groups in total. The summed E-state index contributed by atoms with van der Waals surface area (Å²) in [5.41, 5.74) is -0.737. The van der Waals surface area contributed by atoms with E-state index in [1.165, 1.54) is 34.1 Å². The van der Waals surface area contributed by atoms with Gasteiger partial charge in [0.1, 0.15) is 17.1 Å². The minimum atomic E-state index is -0.587. The van der Waals surface area contributed by atoms with E-state index in [1.807, 2.05) is 6.92 Å². The van der Waals surface area contributed by atoms with E-state index < -0.39 is 17.4 Å². The SMILES string of the molecule is CCCn1c(=O)c2sc(N3CCCC3)nc2n(CC(=O)Nc2ccccc2F)c1=O. The fraction of sp³-hybridized carbons (Fsp3) is 0.400. The molecule has 1 amide bonds. The highest BCUT2D eigenvalue weighted by Crippen LogP contribution is 2.28. The first-order chi connectivity index (χ1) is 14.5. The third-order valence-corrected chi connectivity index (χ3v) is 6.12. The lowest BCUT2D eigenvalue weighted by Gasteiger charge is -2.12. The molecular formula is C20H22FN5O3S. The molecule has 0 saturated carbocycles. The molecule has 4 rings (SSSR count). The highest BCUT2D eigenvalue weighted by molar-refractivity contribution is 7.22. The molecule has 0 radical (unpaired) electrons. The van der Waals surface area contributed by atoms with Gasteiger partial charge in [-0.25, -0.2) is 14.2 Å². The third-order valence-electron chi connectivity index (χ3n) is 5.03. The summed E-state index contributed by atoms with van der Waals surface area (Å²) in [5.74, 6) is -1.13. The van der Waals surface area contributed by atoms with Crippen LogP contribution in [0.1, 0.15) is 26.2 Å². The highest BCUT2D eigenvalue weighted by atomic mass is 32.1. The minimum Gasteiger partial charge on any atom is -0.348 e. The molecule has 0 unspecified atom stereocenters. The Kier molecular flexibility index (Phi) is 5.67. The lowest BCUT2D eigenvalue weighted by Crippen LogP contribution is -2.41. The lowest BCUT2D eigenvalue weighted by atomic mass is 10.3. The van der Waals surface area contributed by atoms with Crippen molar-refractivity contribution >= 4 is 38.4 Å². The van der Waals surface area contributed by atoms with Gasteiger partial charge in [0, 0.05) is 19.6 Å². The molecule has 8 nitrogen and oxygen atoms in total. The van der Waals surface area contributed by atoms with Gasteiger partial charge in [0.15, 0.2) is 10.8 Å². The molecule has 0 bridgehead atoms. The molecule has 3 heterocycles. The van der Waals surface area contributed by atoms with E-state index in [9.17, 15) is 18.8 Å². The average molecular weight is 431 g/mol. The molecule has 1 saturated heterocycles. The van der Waals surface area contributed by atoms with Gasteiger partial charge >= 0.3 is 5.69 Å². The number of anilines is 2. The molecule has 158 valence electrons. The molecule has 2 aromatic heterocycles. The fourth-order valence-corrected chi connectivity index (χ4v) is 4.64. The van der Waals surface area contributed by atoms with Crippen molar-refractivity contribution in [1.29, 1.82) is 0 Å². The summed E-state index contributed by atoms with van der Waals surface area (Å²) in [4.78, 5) is 45.1. The van der Waals surface area contributed by atoms with Crippen molar-refractivity contribution in [2.45, 2.75) is 39.3 Å². The van der Waals surface area contributed by atoms with Crippen LogP contribution in [0.15, 0.2) is 33.9 Å². The van der Waals surface area contributed by atoms with Gasteiger partial charge < -0.3 is 10.2 Å². The molecule has 1 aliphatic heterocycles. The second kappa shape index (κ2) is 8.39. The fourth-order valence-electron chi connectivity index (χ4n) is 3.57. The standard InChI is InChI=1S/C20H22FN5O3S/c1-2-9-25-18(28)16-17(23-19(30-16)24-10-5-6-11-24)26(20(25)29)12-15(27)22-14-8-4-3-7-13(14)21/h3-4,7-8H,2,5-6,9-12H2,1H3,(H,22,27). The van der Waals surface area contributed by atoms with Crippen LogP contribution in [0.3, 0.4) is 0 Å². The van der Waals surface area contributed by atoms with Crippen LogP contribution in [0.4, 0.5) is 15.2 Å². The van der Waals surface area contributed by atoms with Crippen molar-refractivity contribution in [2.75, 3.05) is 23.3 Å². The monoisotopic (exact) mass is 431 g/mol. The van der Waals surface area contributed by atoms with E-state index in [1.54, 1.807) is 6.07 Å². The van der Waals surface area contributed by atoms with Crippen LogP contribution in [0, 0.1) is 5.82 Å². The zero-order valence-corrected chi connectivity index (χ0v) is 17.4. The van der Waals surface area contributed by atoms with Gasteiger partial charge in [-0.1, -0.05) is 30.4 Å². The van der Waals surface area contributed by atoms with Gasteiger partial charge in [-0.05, 0) is 31.4 Å². The van der Waals surface area contributed by atoms with Crippen LogP contribution >= 0.6 is 11.3 Å². The molecule has 1 aromatic carbocycles. The predicted molar refractivity (Wildman–Crippen MR) is 115 cm³/mol. The smallest absolute Gasteiger partial charge is 0.333 e. The number of rotatable bonds is 6. The summed E-state index contributed by atoms with van der Waals surface area (Å²) in [5, 5.41) is 3.16. The summed E-state index contributed by atoms with van der Waals surface area (Å²) in [7, 11) is 0. The van der Waals surface area contributed by atoms with Crippen LogP contribution in [-0.4, -0.2) is 33.1 Å². The van der Waals surface area contributed by atoms with E-state index in [2.05, 4.69) is 15.2 Å². The number of carbonyl (C=O) groups excluding carboxylic acids is 1. The Hall–Kier alpha value is -3.01. The van der Waals surface area contributed by atoms with E-state index in [4.69, 9.17) is 0 Å². The predicted octanol–water partition coefficient (Wildman–Crippen LogP) is 2.41. The van der Waals surface area contributed by atoms with Crippen molar-refractivity contribution in [1.82, 2.24) is 14.1 Å². The van der Waals surface area contributed by atoms with E-state index in [-0.39, 0.29) is 30.0 Å². The van der Waals surface area contributed by atoms with Gasteiger partial charge in [0.2, 0.25) is 5.91 Å². The molecule has 1 aliphatic rings. The molecule has 0 spiro atoms. The second-order valence-electron chi connectivity index (χ2n) is 7.20. The normalized spacial score (nSPS) is 13.9. The summed E-state index contributed by atoms with van der Waals surface area (Å²) in [6.45, 7) is 3.45. The first-order valence-electron chi connectivity index (χ1n) is 9.93. The highest BCUT2D eigenvalue weighted by Gasteiger charge is 2.23. The van der Waals surface area contributed by atoms with Gasteiger partial charge in [-0.3, -0.25) is 18.7 Å². The number of halogens is 1. The zero-order chi connectivity index (χ0) is 21.3. The van der Waals surface area contributed by atoms with Crippen molar-refractivity contribution in [2.24, 2.45) is 0 Å². The van der Waals surface area contributed by atoms with E-state index in [0.29, 0.717) is 16.3 Å². The molecule has 0 aliphatic carbocycles. The summed E-state index contributed by atoms with van der Waals surface area (Å²) in [6, 6.07) is 5.81.